The summed E-state index contributed by atoms with van der Waals surface area (Å²) in [7, 11) is -2.64. The van der Waals surface area contributed by atoms with Crippen molar-refractivity contribution in [3.8, 4) is 5.75 Å². The number of carbonyl (C=O) groups is 2. The minimum atomic E-state index is -4.15. The van der Waals surface area contributed by atoms with Crippen molar-refractivity contribution < 1.29 is 22.7 Å². The Morgan fingerprint density at radius 1 is 0.925 bits per heavy atom. The second-order valence-electron chi connectivity index (χ2n) is 10.9. The number of aryl methyl sites for hydroxylation is 2. The van der Waals surface area contributed by atoms with E-state index in [1.807, 2.05) is 58.9 Å². The number of carbonyl (C=O) groups excluding carboxylic acids is 2. The molecule has 0 saturated carbocycles. The first-order valence-electron chi connectivity index (χ1n) is 13.1. The van der Waals surface area contributed by atoms with E-state index >= 15 is 0 Å². The summed E-state index contributed by atoms with van der Waals surface area (Å²) >= 11 is 0. The molecule has 1 unspecified atom stereocenters. The van der Waals surface area contributed by atoms with Gasteiger partial charge >= 0.3 is 0 Å². The molecule has 0 aliphatic carbocycles. The fourth-order valence-corrected chi connectivity index (χ4v) is 5.59. The number of hydrogen-bond acceptors (Lipinski definition) is 5. The van der Waals surface area contributed by atoms with Gasteiger partial charge < -0.3 is 15.0 Å². The minimum Gasteiger partial charge on any atom is -0.497 e. The number of nitrogens with zero attached hydrogens (tertiary/aromatic N) is 2. The number of rotatable bonds is 10. The van der Waals surface area contributed by atoms with Gasteiger partial charge in [0.2, 0.25) is 11.8 Å². The van der Waals surface area contributed by atoms with Crippen molar-refractivity contribution in [2.45, 2.75) is 64.6 Å². The van der Waals surface area contributed by atoms with Crippen LogP contribution >= 0.6 is 0 Å². The van der Waals surface area contributed by atoms with Gasteiger partial charge in [0.1, 0.15) is 18.3 Å². The van der Waals surface area contributed by atoms with Crippen molar-refractivity contribution in [1.82, 2.24) is 10.2 Å². The van der Waals surface area contributed by atoms with Crippen molar-refractivity contribution in [3.05, 3.63) is 89.5 Å². The average Bonchev–Trinajstić information content (AvgIpc) is 2.89. The summed E-state index contributed by atoms with van der Waals surface area (Å²) in [4.78, 5) is 28.6. The average molecular weight is 566 g/mol. The minimum absolute atomic E-state index is 0.0189. The number of methoxy groups -OCH3 is 1. The van der Waals surface area contributed by atoms with Gasteiger partial charge in [-0.3, -0.25) is 13.9 Å². The largest absolute Gasteiger partial charge is 0.497 e. The second-order valence-corrected chi connectivity index (χ2v) is 12.8. The van der Waals surface area contributed by atoms with Crippen molar-refractivity contribution >= 4 is 27.5 Å². The van der Waals surface area contributed by atoms with Crippen LogP contribution in [0.1, 0.15) is 44.4 Å². The topological polar surface area (TPSA) is 96.0 Å². The summed E-state index contributed by atoms with van der Waals surface area (Å²) < 4.78 is 34.1. The van der Waals surface area contributed by atoms with Gasteiger partial charge in [-0.05, 0) is 83.5 Å². The molecular weight excluding hydrogens is 526 g/mol. The van der Waals surface area contributed by atoms with Crippen LogP contribution in [0.5, 0.6) is 5.75 Å². The molecular formula is C31H39N3O5S. The summed E-state index contributed by atoms with van der Waals surface area (Å²) in [5, 5.41) is 2.93. The van der Waals surface area contributed by atoms with E-state index in [2.05, 4.69) is 5.32 Å². The Bertz CT molecular complexity index is 1430. The maximum absolute atomic E-state index is 14.0. The molecule has 8 nitrogen and oxygen atoms in total. The van der Waals surface area contributed by atoms with Crippen LogP contribution in [0.2, 0.25) is 0 Å². The van der Waals surface area contributed by atoms with Crippen LogP contribution in [0.4, 0.5) is 5.69 Å². The van der Waals surface area contributed by atoms with Crippen molar-refractivity contribution in [3.63, 3.8) is 0 Å². The Labute approximate surface area is 238 Å². The first kappa shape index (κ1) is 30.7. The molecule has 0 aliphatic rings. The molecule has 3 aromatic rings. The molecule has 0 aromatic heterocycles. The number of amides is 2. The lowest BCUT2D eigenvalue weighted by atomic mass is 10.1. The molecule has 3 aromatic carbocycles. The zero-order chi connectivity index (χ0) is 29.7. The first-order valence-corrected chi connectivity index (χ1v) is 14.6. The molecule has 0 saturated heterocycles. The van der Waals surface area contributed by atoms with Gasteiger partial charge in [0.05, 0.1) is 17.7 Å². The Hall–Kier alpha value is -3.85. The second kappa shape index (κ2) is 12.6. The molecule has 9 heteroatoms. The summed E-state index contributed by atoms with van der Waals surface area (Å²) in [5.74, 6) is -0.316. The molecule has 40 heavy (non-hydrogen) atoms. The standard InChI is InChI=1S/C31H39N3O5S/c1-22-11-13-26(14-12-22)34(40(37,38)28-17-15-27(39-7)16-18-28)21-29(35)33(20-25-10-8-9-23(2)19-25)24(3)30(36)32-31(4,5)6/h8-19,24H,20-21H2,1-7H3,(H,32,36). The smallest absolute Gasteiger partial charge is 0.264 e. The van der Waals surface area contributed by atoms with E-state index < -0.39 is 34.1 Å². The van der Waals surface area contributed by atoms with Crippen LogP contribution in [0.25, 0.3) is 0 Å². The van der Waals surface area contributed by atoms with Crippen LogP contribution in [0, 0.1) is 13.8 Å². The number of benzene rings is 3. The van der Waals surface area contributed by atoms with Gasteiger partial charge in [-0.1, -0.05) is 47.5 Å². The monoisotopic (exact) mass is 565 g/mol. The summed E-state index contributed by atoms with van der Waals surface area (Å²) in [6.07, 6.45) is 0. The Morgan fingerprint density at radius 3 is 2.10 bits per heavy atom. The summed E-state index contributed by atoms with van der Waals surface area (Å²) in [6, 6.07) is 19.8. The third-order valence-electron chi connectivity index (χ3n) is 6.35. The number of nitrogens with one attached hydrogen (secondary N) is 1. The molecule has 0 heterocycles. The first-order chi connectivity index (χ1) is 18.7. The third-order valence-corrected chi connectivity index (χ3v) is 8.14. The van der Waals surface area contributed by atoms with Gasteiger partial charge in [0.25, 0.3) is 10.0 Å². The number of ether oxygens (including phenoxy) is 1. The molecule has 0 fully saturated rings. The SMILES string of the molecule is COc1ccc(S(=O)(=O)N(CC(=O)N(Cc2cccc(C)c2)C(C)C(=O)NC(C)(C)C)c2ccc(C)cc2)cc1. The Kier molecular flexibility index (Phi) is 9.63. The Morgan fingerprint density at radius 2 is 1.55 bits per heavy atom. The van der Waals surface area contributed by atoms with Gasteiger partial charge in [-0.25, -0.2) is 8.42 Å². The van der Waals surface area contributed by atoms with Crippen molar-refractivity contribution in [1.29, 1.82) is 0 Å². The number of hydrogen-bond donors (Lipinski definition) is 1. The lowest BCUT2D eigenvalue weighted by Gasteiger charge is -2.33. The maximum Gasteiger partial charge on any atom is 0.264 e. The molecule has 0 spiro atoms. The molecule has 1 N–H and O–H groups in total. The lowest BCUT2D eigenvalue weighted by Crippen LogP contribution is -2.54. The van der Waals surface area contributed by atoms with Crippen LogP contribution in [0.3, 0.4) is 0 Å². The molecule has 0 radical (unpaired) electrons. The van der Waals surface area contributed by atoms with E-state index in [0.29, 0.717) is 11.4 Å². The van der Waals surface area contributed by atoms with Gasteiger partial charge in [-0.2, -0.15) is 0 Å². The number of anilines is 1. The predicted octanol–water partition coefficient (Wildman–Crippen LogP) is 4.84. The molecule has 3 rings (SSSR count). The zero-order valence-corrected chi connectivity index (χ0v) is 25.1. The van der Waals surface area contributed by atoms with E-state index in [1.165, 1.54) is 24.1 Å². The zero-order valence-electron chi connectivity index (χ0n) is 24.3. The van der Waals surface area contributed by atoms with Crippen LogP contribution in [0.15, 0.2) is 77.7 Å². The van der Waals surface area contributed by atoms with Gasteiger partial charge in [-0.15, -0.1) is 0 Å². The lowest BCUT2D eigenvalue weighted by molar-refractivity contribution is -0.140. The fraction of sp³-hybridized carbons (Fsp3) is 0.355. The third kappa shape index (κ3) is 7.85. The fourth-order valence-electron chi connectivity index (χ4n) is 4.18. The normalized spacial score (nSPS) is 12.4. The highest BCUT2D eigenvalue weighted by molar-refractivity contribution is 7.92. The van der Waals surface area contributed by atoms with Crippen LogP contribution in [-0.2, 0) is 26.2 Å². The quantitative estimate of drug-likeness (QED) is 0.380. The predicted molar refractivity (Wildman–Crippen MR) is 158 cm³/mol. The van der Waals surface area contributed by atoms with Gasteiger partial charge in [0, 0.05) is 12.1 Å². The number of sulfonamides is 1. The summed E-state index contributed by atoms with van der Waals surface area (Å²) in [6.45, 7) is 10.8. The highest BCUT2D eigenvalue weighted by atomic mass is 32.2. The van der Waals surface area contributed by atoms with E-state index in [9.17, 15) is 18.0 Å². The Balaban J connectivity index is 2.03. The van der Waals surface area contributed by atoms with Crippen molar-refractivity contribution in [2.75, 3.05) is 18.0 Å². The summed E-state index contributed by atoms with van der Waals surface area (Å²) in [5.41, 5.74) is 2.64. The van der Waals surface area contributed by atoms with Crippen LogP contribution < -0.4 is 14.4 Å². The van der Waals surface area contributed by atoms with Gasteiger partial charge in [0.15, 0.2) is 0 Å². The van der Waals surface area contributed by atoms with Crippen LogP contribution in [-0.4, -0.2) is 50.4 Å². The maximum atomic E-state index is 14.0. The highest BCUT2D eigenvalue weighted by Gasteiger charge is 2.33. The van der Waals surface area contributed by atoms with E-state index in [1.54, 1.807) is 43.3 Å². The molecule has 214 valence electrons. The van der Waals surface area contributed by atoms with E-state index in [4.69, 9.17) is 4.74 Å². The molecule has 1 atom stereocenters. The molecule has 2 amide bonds. The molecule has 0 bridgehead atoms. The molecule has 0 aliphatic heterocycles. The van der Waals surface area contributed by atoms with E-state index in [-0.39, 0.29) is 17.3 Å². The highest BCUT2D eigenvalue weighted by Crippen LogP contribution is 2.26. The van der Waals surface area contributed by atoms with E-state index in [0.717, 1.165) is 21.0 Å². The van der Waals surface area contributed by atoms with Crippen molar-refractivity contribution in [2.24, 2.45) is 0 Å².